The zero-order valence-corrected chi connectivity index (χ0v) is 15.8. The van der Waals surface area contributed by atoms with Crippen molar-refractivity contribution < 1.29 is 19.1 Å². The summed E-state index contributed by atoms with van der Waals surface area (Å²) >= 11 is 0. The van der Waals surface area contributed by atoms with Crippen molar-refractivity contribution in [2.75, 3.05) is 13.2 Å². The summed E-state index contributed by atoms with van der Waals surface area (Å²) in [5, 5.41) is 0. The molecule has 0 N–H and O–H groups in total. The summed E-state index contributed by atoms with van der Waals surface area (Å²) in [6.07, 6.45) is 1.82. The van der Waals surface area contributed by atoms with Crippen LogP contribution in [-0.4, -0.2) is 25.2 Å². The van der Waals surface area contributed by atoms with E-state index in [0.29, 0.717) is 12.5 Å². The third kappa shape index (κ3) is 5.99. The first-order chi connectivity index (χ1) is 11.2. The van der Waals surface area contributed by atoms with Crippen LogP contribution in [0.4, 0.5) is 0 Å². The molecular weight excluding hydrogens is 304 g/mol. The van der Waals surface area contributed by atoms with Gasteiger partial charge in [-0.1, -0.05) is 40.7 Å². The van der Waals surface area contributed by atoms with Crippen molar-refractivity contribution in [1.82, 2.24) is 0 Å². The minimum absolute atomic E-state index is 0.124. The maximum atomic E-state index is 12.3. The molecule has 0 aromatic heterocycles. The monoisotopic (exact) mass is 334 g/mol. The van der Waals surface area contributed by atoms with E-state index in [4.69, 9.17) is 9.47 Å². The molecule has 0 saturated carbocycles. The highest BCUT2D eigenvalue weighted by atomic mass is 16.5. The molecule has 24 heavy (non-hydrogen) atoms. The van der Waals surface area contributed by atoms with Crippen molar-refractivity contribution in [3.8, 4) is 0 Å². The van der Waals surface area contributed by atoms with E-state index in [9.17, 15) is 9.59 Å². The highest BCUT2D eigenvalue weighted by Gasteiger charge is 2.23. The Kier molecular flexibility index (Phi) is 7.46. The summed E-state index contributed by atoms with van der Waals surface area (Å²) in [4.78, 5) is 24.6. The Morgan fingerprint density at radius 1 is 1.04 bits per heavy atom. The predicted molar refractivity (Wildman–Crippen MR) is 95.5 cm³/mol. The zero-order chi connectivity index (χ0) is 18.3. The molecule has 0 saturated heterocycles. The lowest BCUT2D eigenvalue weighted by molar-refractivity contribution is 0.0460. The van der Waals surface area contributed by atoms with Crippen LogP contribution < -0.4 is 0 Å². The second-order valence-electron chi connectivity index (χ2n) is 7.40. The van der Waals surface area contributed by atoms with Gasteiger partial charge in [0.2, 0.25) is 0 Å². The highest BCUT2D eigenvalue weighted by Crippen LogP contribution is 2.25. The molecule has 1 aromatic carbocycles. The maximum absolute atomic E-state index is 12.3. The van der Waals surface area contributed by atoms with E-state index in [1.807, 2.05) is 6.07 Å². The van der Waals surface area contributed by atoms with Gasteiger partial charge in [0.05, 0.1) is 24.3 Å². The molecule has 0 aliphatic carbocycles. The predicted octanol–water partition coefficient (Wildman–Crippen LogP) is 4.75. The lowest BCUT2D eigenvalue weighted by Gasteiger charge is -2.20. The molecule has 0 atom stereocenters. The molecule has 0 fully saturated rings. The Hall–Kier alpha value is -1.84. The van der Waals surface area contributed by atoms with Crippen LogP contribution in [-0.2, 0) is 14.9 Å². The number of benzene rings is 1. The van der Waals surface area contributed by atoms with Gasteiger partial charge in [-0.3, -0.25) is 0 Å². The number of carbonyl (C=O) groups excluding carboxylic acids is 2. The third-order valence-corrected chi connectivity index (χ3v) is 3.76. The van der Waals surface area contributed by atoms with Crippen molar-refractivity contribution >= 4 is 11.9 Å². The van der Waals surface area contributed by atoms with Crippen LogP contribution in [0.3, 0.4) is 0 Å². The molecule has 0 bridgehead atoms. The number of carbonyl (C=O) groups is 2. The third-order valence-electron chi connectivity index (χ3n) is 3.76. The van der Waals surface area contributed by atoms with Gasteiger partial charge in [-0.05, 0) is 48.8 Å². The molecule has 0 spiro atoms. The normalized spacial score (nSPS) is 11.5. The lowest BCUT2D eigenvalue weighted by atomic mass is 9.85. The summed E-state index contributed by atoms with van der Waals surface area (Å²) in [5.74, 6) is -0.384. The van der Waals surface area contributed by atoms with Crippen molar-refractivity contribution in [1.29, 1.82) is 0 Å². The Bertz CT molecular complexity index is 567. The van der Waals surface area contributed by atoms with Crippen LogP contribution in [0.5, 0.6) is 0 Å². The average molecular weight is 334 g/mol. The second-order valence-corrected chi connectivity index (χ2v) is 7.40. The average Bonchev–Trinajstić information content (AvgIpc) is 2.50. The van der Waals surface area contributed by atoms with E-state index in [1.165, 1.54) is 0 Å². The van der Waals surface area contributed by atoms with E-state index in [1.54, 1.807) is 19.1 Å². The SMILES string of the molecule is CCOC(=O)c1cc(C(C)(C)C)ccc1C(=O)OCCCC(C)C. The van der Waals surface area contributed by atoms with E-state index < -0.39 is 11.9 Å². The summed E-state index contributed by atoms with van der Waals surface area (Å²) in [5.41, 5.74) is 1.40. The maximum Gasteiger partial charge on any atom is 0.339 e. The Labute approximate surface area is 145 Å². The van der Waals surface area contributed by atoms with Crippen LogP contribution in [0.2, 0.25) is 0 Å². The molecule has 0 aliphatic rings. The first kappa shape index (κ1) is 20.2. The highest BCUT2D eigenvalue weighted by molar-refractivity contribution is 6.03. The molecule has 0 aliphatic heterocycles. The fraction of sp³-hybridized carbons (Fsp3) is 0.600. The summed E-state index contributed by atoms with van der Waals surface area (Å²) in [7, 11) is 0. The molecule has 1 aromatic rings. The summed E-state index contributed by atoms with van der Waals surface area (Å²) < 4.78 is 10.4. The number of esters is 2. The number of ether oxygens (including phenoxy) is 2. The van der Waals surface area contributed by atoms with Gasteiger partial charge in [0.25, 0.3) is 0 Å². The molecule has 0 unspecified atom stereocenters. The first-order valence-corrected chi connectivity index (χ1v) is 8.65. The van der Waals surface area contributed by atoms with Crippen LogP contribution in [0.15, 0.2) is 18.2 Å². The quantitative estimate of drug-likeness (QED) is 0.533. The number of hydrogen-bond acceptors (Lipinski definition) is 4. The van der Waals surface area contributed by atoms with Crippen molar-refractivity contribution in [3.63, 3.8) is 0 Å². The fourth-order valence-corrected chi connectivity index (χ4v) is 2.30. The van der Waals surface area contributed by atoms with Crippen LogP contribution in [0.25, 0.3) is 0 Å². The molecule has 4 nitrogen and oxygen atoms in total. The minimum Gasteiger partial charge on any atom is -0.462 e. The smallest absolute Gasteiger partial charge is 0.339 e. The standard InChI is InChI=1S/C20H30O4/c1-7-23-19(22)17-13-15(20(4,5)6)10-11-16(17)18(21)24-12-8-9-14(2)3/h10-11,13-14H,7-9,12H2,1-6H3. The van der Waals surface area contributed by atoms with Crippen molar-refractivity contribution in [2.24, 2.45) is 5.92 Å². The van der Waals surface area contributed by atoms with Crippen molar-refractivity contribution in [2.45, 2.75) is 59.8 Å². The van der Waals surface area contributed by atoms with Crippen LogP contribution in [0.1, 0.15) is 80.7 Å². The fourth-order valence-electron chi connectivity index (χ4n) is 2.30. The Balaban J connectivity index is 2.99. The second kappa shape index (κ2) is 8.86. The van der Waals surface area contributed by atoms with Gasteiger partial charge in [0.1, 0.15) is 0 Å². The molecule has 0 radical (unpaired) electrons. The molecule has 1 rings (SSSR count). The van der Waals surface area contributed by atoms with E-state index in [-0.39, 0.29) is 23.1 Å². The van der Waals surface area contributed by atoms with Gasteiger partial charge in [-0.15, -0.1) is 0 Å². The van der Waals surface area contributed by atoms with Gasteiger partial charge in [0.15, 0.2) is 0 Å². The van der Waals surface area contributed by atoms with E-state index >= 15 is 0 Å². The summed E-state index contributed by atoms with van der Waals surface area (Å²) in [6.45, 7) is 12.8. The van der Waals surface area contributed by atoms with Gasteiger partial charge in [0, 0.05) is 0 Å². The lowest BCUT2D eigenvalue weighted by Crippen LogP contribution is -2.18. The largest absolute Gasteiger partial charge is 0.462 e. The molecule has 0 amide bonds. The Morgan fingerprint density at radius 2 is 1.67 bits per heavy atom. The van der Waals surface area contributed by atoms with Gasteiger partial charge in [-0.25, -0.2) is 9.59 Å². The summed E-state index contributed by atoms with van der Waals surface area (Å²) in [6, 6.07) is 5.27. The molecular formula is C20H30O4. The van der Waals surface area contributed by atoms with Gasteiger partial charge < -0.3 is 9.47 Å². The topological polar surface area (TPSA) is 52.6 Å². The van der Waals surface area contributed by atoms with E-state index in [0.717, 1.165) is 18.4 Å². The number of hydrogen-bond donors (Lipinski definition) is 0. The zero-order valence-electron chi connectivity index (χ0n) is 15.8. The van der Waals surface area contributed by atoms with Crippen molar-refractivity contribution in [3.05, 3.63) is 34.9 Å². The van der Waals surface area contributed by atoms with Crippen LogP contribution in [0, 0.1) is 5.92 Å². The first-order valence-electron chi connectivity index (χ1n) is 8.65. The Morgan fingerprint density at radius 3 is 2.21 bits per heavy atom. The molecule has 4 heteroatoms. The molecule has 134 valence electrons. The molecule has 0 heterocycles. The number of rotatable bonds is 7. The van der Waals surface area contributed by atoms with Gasteiger partial charge >= 0.3 is 11.9 Å². The minimum atomic E-state index is -0.488. The van der Waals surface area contributed by atoms with E-state index in [2.05, 4.69) is 34.6 Å². The van der Waals surface area contributed by atoms with Gasteiger partial charge in [-0.2, -0.15) is 0 Å². The van der Waals surface area contributed by atoms with Crippen LogP contribution >= 0.6 is 0 Å².